The molecular weight excluding hydrogens is 394 g/mol. The van der Waals surface area contributed by atoms with Gasteiger partial charge in [0.25, 0.3) is 11.5 Å². The standard InChI is InChI=1S/C24H19N3O4/c1-15(28)16-7-10-18(11-8-16)26-23(29)17-9-12-19-20(13-17)25-14-27(24(19)30)21-5-3-4-6-22(21)31-2/h3-14H,1-2H3,(H,26,29). The van der Waals surface area contributed by atoms with Crippen molar-refractivity contribution in [1.29, 1.82) is 0 Å². The molecule has 7 nitrogen and oxygen atoms in total. The lowest BCUT2D eigenvalue weighted by Gasteiger charge is -2.11. The lowest BCUT2D eigenvalue weighted by molar-refractivity contribution is 0.101. The molecule has 0 spiro atoms. The van der Waals surface area contributed by atoms with Crippen LogP contribution >= 0.6 is 0 Å². The number of benzene rings is 3. The molecule has 0 unspecified atom stereocenters. The van der Waals surface area contributed by atoms with Gasteiger partial charge in [-0.05, 0) is 61.5 Å². The van der Waals surface area contributed by atoms with Crippen molar-refractivity contribution in [3.63, 3.8) is 0 Å². The first-order valence-electron chi connectivity index (χ1n) is 9.55. The van der Waals surface area contributed by atoms with E-state index in [0.717, 1.165) is 0 Å². The number of fused-ring (bicyclic) bond motifs is 1. The summed E-state index contributed by atoms with van der Waals surface area (Å²) in [6.45, 7) is 1.48. The van der Waals surface area contributed by atoms with Crippen LogP contribution < -0.4 is 15.6 Å². The molecule has 0 fully saturated rings. The SMILES string of the molecule is COc1ccccc1-n1cnc2cc(C(=O)Nc3ccc(C(C)=O)cc3)ccc2c1=O. The third-order valence-corrected chi connectivity index (χ3v) is 4.92. The van der Waals surface area contributed by atoms with E-state index in [1.54, 1.807) is 54.6 Å². The predicted molar refractivity (Wildman–Crippen MR) is 118 cm³/mol. The Morgan fingerprint density at radius 2 is 1.68 bits per heavy atom. The summed E-state index contributed by atoms with van der Waals surface area (Å²) in [6.07, 6.45) is 1.42. The number of nitrogens with one attached hydrogen (secondary N) is 1. The lowest BCUT2D eigenvalue weighted by Crippen LogP contribution is -2.20. The molecule has 0 saturated heterocycles. The number of anilines is 1. The summed E-state index contributed by atoms with van der Waals surface area (Å²) in [7, 11) is 1.54. The highest BCUT2D eigenvalue weighted by molar-refractivity contribution is 6.06. The van der Waals surface area contributed by atoms with Crippen molar-refractivity contribution in [3.05, 3.63) is 94.5 Å². The van der Waals surface area contributed by atoms with Gasteiger partial charge in [-0.3, -0.25) is 19.0 Å². The van der Waals surface area contributed by atoms with Crippen molar-refractivity contribution in [2.75, 3.05) is 12.4 Å². The minimum atomic E-state index is -0.340. The van der Waals surface area contributed by atoms with E-state index >= 15 is 0 Å². The molecule has 31 heavy (non-hydrogen) atoms. The summed E-state index contributed by atoms with van der Waals surface area (Å²) in [5, 5.41) is 3.16. The van der Waals surface area contributed by atoms with Gasteiger partial charge in [0.1, 0.15) is 12.1 Å². The number of aromatic nitrogens is 2. The Bertz CT molecular complexity index is 1360. The number of amides is 1. The summed E-state index contributed by atoms with van der Waals surface area (Å²) >= 11 is 0. The van der Waals surface area contributed by atoms with Crippen molar-refractivity contribution >= 4 is 28.3 Å². The number of ether oxygens (including phenoxy) is 1. The van der Waals surface area contributed by atoms with Crippen molar-refractivity contribution < 1.29 is 14.3 Å². The number of ketones is 1. The van der Waals surface area contributed by atoms with E-state index in [2.05, 4.69) is 10.3 Å². The number of rotatable bonds is 5. The van der Waals surface area contributed by atoms with Gasteiger partial charge in [0.2, 0.25) is 0 Å². The van der Waals surface area contributed by atoms with Crippen molar-refractivity contribution in [1.82, 2.24) is 9.55 Å². The Morgan fingerprint density at radius 1 is 0.968 bits per heavy atom. The largest absolute Gasteiger partial charge is 0.495 e. The van der Waals surface area contributed by atoms with Gasteiger partial charge in [-0.15, -0.1) is 0 Å². The van der Waals surface area contributed by atoms with E-state index in [1.165, 1.54) is 24.9 Å². The van der Waals surface area contributed by atoms with Crippen molar-refractivity contribution in [3.8, 4) is 11.4 Å². The van der Waals surface area contributed by atoms with Gasteiger partial charge in [-0.2, -0.15) is 0 Å². The number of Topliss-reactive ketones (excluding diaryl/α,β-unsaturated/α-hetero) is 1. The smallest absolute Gasteiger partial charge is 0.265 e. The molecule has 0 atom stereocenters. The van der Waals surface area contributed by atoms with Crippen molar-refractivity contribution in [2.45, 2.75) is 6.92 Å². The average molecular weight is 413 g/mol. The van der Waals surface area contributed by atoms with Gasteiger partial charge >= 0.3 is 0 Å². The van der Waals surface area contributed by atoms with Crippen LogP contribution in [0.3, 0.4) is 0 Å². The van der Waals surface area contributed by atoms with Gasteiger partial charge in [-0.25, -0.2) is 4.98 Å². The molecule has 1 N–H and O–H groups in total. The highest BCUT2D eigenvalue weighted by Gasteiger charge is 2.13. The van der Waals surface area contributed by atoms with Crippen LogP contribution in [0.5, 0.6) is 5.75 Å². The molecule has 7 heteroatoms. The first kappa shape index (κ1) is 20.0. The molecule has 1 heterocycles. The molecule has 4 rings (SSSR count). The quantitative estimate of drug-likeness (QED) is 0.502. The molecule has 4 aromatic rings. The van der Waals surface area contributed by atoms with E-state index in [-0.39, 0.29) is 17.2 Å². The van der Waals surface area contributed by atoms with Crippen LogP contribution in [0.1, 0.15) is 27.6 Å². The number of methoxy groups -OCH3 is 1. The van der Waals surface area contributed by atoms with E-state index in [0.29, 0.717) is 39.2 Å². The summed E-state index contributed by atoms with van der Waals surface area (Å²) in [5.41, 5.74) is 2.23. The Kier molecular flexibility index (Phi) is 5.32. The third-order valence-electron chi connectivity index (χ3n) is 4.92. The first-order chi connectivity index (χ1) is 15.0. The Labute approximate surface area is 177 Å². The zero-order chi connectivity index (χ0) is 22.0. The first-order valence-corrected chi connectivity index (χ1v) is 9.55. The van der Waals surface area contributed by atoms with Gasteiger partial charge in [0, 0.05) is 16.8 Å². The summed E-state index contributed by atoms with van der Waals surface area (Å²) in [4.78, 5) is 41.4. The topological polar surface area (TPSA) is 90.3 Å². The second-order valence-corrected chi connectivity index (χ2v) is 6.91. The van der Waals surface area contributed by atoms with E-state index < -0.39 is 0 Å². The molecule has 0 bridgehead atoms. The number of carbonyl (C=O) groups is 2. The highest BCUT2D eigenvalue weighted by atomic mass is 16.5. The van der Waals surface area contributed by atoms with Crippen LogP contribution in [-0.4, -0.2) is 28.4 Å². The van der Waals surface area contributed by atoms with Gasteiger partial charge < -0.3 is 10.1 Å². The average Bonchev–Trinajstić information content (AvgIpc) is 2.79. The molecule has 3 aromatic carbocycles. The normalized spacial score (nSPS) is 10.6. The minimum absolute atomic E-state index is 0.0442. The van der Waals surface area contributed by atoms with Gasteiger partial charge in [0.15, 0.2) is 5.78 Å². The fraction of sp³-hybridized carbons (Fsp3) is 0.0833. The zero-order valence-electron chi connectivity index (χ0n) is 17.0. The number of para-hydroxylation sites is 2. The second kappa shape index (κ2) is 8.23. The Balaban J connectivity index is 1.65. The molecule has 0 aliphatic carbocycles. The maximum absolute atomic E-state index is 13.0. The molecule has 0 aliphatic rings. The molecule has 154 valence electrons. The van der Waals surface area contributed by atoms with E-state index in [9.17, 15) is 14.4 Å². The summed E-state index contributed by atoms with van der Waals surface area (Å²) in [6, 6.07) is 18.5. The molecule has 1 amide bonds. The third kappa shape index (κ3) is 3.93. The number of hydrogen-bond donors (Lipinski definition) is 1. The van der Waals surface area contributed by atoms with Crippen molar-refractivity contribution in [2.24, 2.45) is 0 Å². The van der Waals surface area contributed by atoms with Gasteiger partial charge in [0.05, 0.1) is 23.7 Å². The maximum atomic E-state index is 13.0. The molecule has 1 aromatic heterocycles. The molecule has 0 saturated carbocycles. The number of hydrogen-bond acceptors (Lipinski definition) is 5. The Morgan fingerprint density at radius 3 is 2.39 bits per heavy atom. The fourth-order valence-corrected chi connectivity index (χ4v) is 3.25. The van der Waals surface area contributed by atoms with Crippen LogP contribution in [0, 0.1) is 0 Å². The van der Waals surface area contributed by atoms with E-state index in [4.69, 9.17) is 4.74 Å². The molecule has 0 aliphatic heterocycles. The van der Waals surface area contributed by atoms with Crippen LogP contribution in [0.15, 0.2) is 77.9 Å². The summed E-state index contributed by atoms with van der Waals surface area (Å²) in [5.74, 6) is 0.169. The highest BCUT2D eigenvalue weighted by Crippen LogP contribution is 2.21. The van der Waals surface area contributed by atoms with E-state index in [1.807, 2.05) is 12.1 Å². The van der Waals surface area contributed by atoms with Crippen LogP contribution in [0.2, 0.25) is 0 Å². The number of carbonyl (C=O) groups excluding carboxylic acids is 2. The molecule has 0 radical (unpaired) electrons. The maximum Gasteiger partial charge on any atom is 0.265 e. The lowest BCUT2D eigenvalue weighted by atomic mass is 10.1. The summed E-state index contributed by atoms with van der Waals surface area (Å²) < 4.78 is 6.75. The van der Waals surface area contributed by atoms with Crippen LogP contribution in [-0.2, 0) is 0 Å². The van der Waals surface area contributed by atoms with Gasteiger partial charge in [-0.1, -0.05) is 12.1 Å². The fourth-order valence-electron chi connectivity index (χ4n) is 3.25. The van der Waals surface area contributed by atoms with Crippen LogP contribution in [0.25, 0.3) is 16.6 Å². The monoisotopic (exact) mass is 413 g/mol. The predicted octanol–water partition coefficient (Wildman–Crippen LogP) is 3.85. The second-order valence-electron chi connectivity index (χ2n) is 6.91. The Hall–Kier alpha value is -4.26. The molecular formula is C24H19N3O4. The number of nitrogens with zero attached hydrogens (tertiary/aromatic N) is 2. The minimum Gasteiger partial charge on any atom is -0.495 e. The zero-order valence-corrected chi connectivity index (χ0v) is 17.0. The van der Waals surface area contributed by atoms with Crippen LogP contribution in [0.4, 0.5) is 5.69 Å².